The molecule has 0 aliphatic carbocycles. The van der Waals surface area contributed by atoms with Crippen LogP contribution in [0.4, 0.5) is 0 Å². The van der Waals surface area contributed by atoms with Gasteiger partial charge in [-0.2, -0.15) is 0 Å². The number of carbonyl (C=O) groups is 1. The number of carbonyl (C=O) groups excluding carboxylic acids is 1. The van der Waals surface area contributed by atoms with Gasteiger partial charge >= 0.3 is 0 Å². The molecule has 1 unspecified atom stereocenters. The molecule has 1 heterocycles. The van der Waals surface area contributed by atoms with Gasteiger partial charge in [0.25, 0.3) is 5.91 Å². The lowest BCUT2D eigenvalue weighted by Gasteiger charge is -2.16. The minimum Gasteiger partial charge on any atom is -0.486 e. The number of nitrogens with one attached hydrogen (secondary N) is 1. The van der Waals surface area contributed by atoms with E-state index in [1.807, 2.05) is 68.4 Å². The molecule has 2 aromatic carbocycles. The fourth-order valence-corrected chi connectivity index (χ4v) is 2.77. The summed E-state index contributed by atoms with van der Waals surface area (Å²) in [7, 11) is 0. The lowest BCUT2D eigenvalue weighted by molar-refractivity contribution is 0.0903. The summed E-state index contributed by atoms with van der Waals surface area (Å²) in [4.78, 5) is 12.5. The third-order valence-electron chi connectivity index (χ3n) is 4.17. The van der Waals surface area contributed by atoms with Crippen molar-refractivity contribution in [2.45, 2.75) is 32.9 Å². The summed E-state index contributed by atoms with van der Waals surface area (Å²) in [6.07, 6.45) is 0.805. The highest BCUT2D eigenvalue weighted by Crippen LogP contribution is 2.19. The summed E-state index contributed by atoms with van der Waals surface area (Å²) in [6.45, 7) is 4.34. The maximum Gasteiger partial charge on any atom is 0.287 e. The number of rotatable bonds is 7. The molecule has 4 nitrogen and oxygen atoms in total. The van der Waals surface area contributed by atoms with Gasteiger partial charge in [-0.05, 0) is 48.7 Å². The summed E-state index contributed by atoms with van der Waals surface area (Å²) >= 11 is 0. The van der Waals surface area contributed by atoms with Crippen LogP contribution in [0.5, 0.6) is 5.75 Å². The average Bonchev–Trinajstić information content (AvgIpc) is 3.14. The van der Waals surface area contributed by atoms with Gasteiger partial charge in [0, 0.05) is 0 Å². The molecule has 1 atom stereocenters. The molecule has 1 amide bonds. The smallest absolute Gasteiger partial charge is 0.287 e. The maximum absolute atomic E-state index is 12.5. The molecule has 0 bridgehead atoms. The van der Waals surface area contributed by atoms with Crippen molar-refractivity contribution in [1.82, 2.24) is 5.32 Å². The Morgan fingerprint density at radius 1 is 1.08 bits per heavy atom. The van der Waals surface area contributed by atoms with Crippen molar-refractivity contribution in [3.63, 3.8) is 0 Å². The van der Waals surface area contributed by atoms with E-state index in [-0.39, 0.29) is 18.6 Å². The summed E-state index contributed by atoms with van der Waals surface area (Å²) in [6, 6.07) is 21.2. The fourth-order valence-electron chi connectivity index (χ4n) is 2.77. The number of amides is 1. The van der Waals surface area contributed by atoms with Crippen LogP contribution in [-0.2, 0) is 6.61 Å². The minimum atomic E-state index is -0.220. The number of aryl methyl sites for hydroxylation is 1. The van der Waals surface area contributed by atoms with E-state index in [9.17, 15) is 4.79 Å². The van der Waals surface area contributed by atoms with Gasteiger partial charge in [0.05, 0.1) is 6.04 Å². The first kappa shape index (κ1) is 17.8. The lowest BCUT2D eigenvalue weighted by Crippen LogP contribution is -2.27. The van der Waals surface area contributed by atoms with E-state index in [0.717, 1.165) is 23.3 Å². The second-order valence-corrected chi connectivity index (χ2v) is 6.22. The molecule has 1 N–H and O–H groups in total. The monoisotopic (exact) mass is 349 g/mol. The van der Waals surface area contributed by atoms with Crippen LogP contribution in [0, 0.1) is 6.92 Å². The van der Waals surface area contributed by atoms with Crippen molar-refractivity contribution >= 4 is 5.91 Å². The number of furan rings is 1. The molecule has 0 aliphatic rings. The van der Waals surface area contributed by atoms with Crippen LogP contribution in [-0.4, -0.2) is 5.91 Å². The Hall–Kier alpha value is -3.01. The minimum absolute atomic E-state index is 0.0409. The van der Waals surface area contributed by atoms with E-state index < -0.39 is 0 Å². The predicted molar refractivity (Wildman–Crippen MR) is 101 cm³/mol. The van der Waals surface area contributed by atoms with Crippen molar-refractivity contribution in [2.75, 3.05) is 0 Å². The molecule has 3 aromatic rings. The van der Waals surface area contributed by atoms with Crippen molar-refractivity contribution < 1.29 is 13.9 Å². The summed E-state index contributed by atoms with van der Waals surface area (Å²) in [5, 5.41) is 3.02. The SMILES string of the molecule is CCC(NC(=O)c1ccc(COc2cccc(C)c2)o1)c1ccccc1. The largest absolute Gasteiger partial charge is 0.486 e. The van der Waals surface area contributed by atoms with Crippen molar-refractivity contribution in [3.05, 3.63) is 89.4 Å². The highest BCUT2D eigenvalue weighted by Gasteiger charge is 2.17. The Morgan fingerprint density at radius 2 is 1.88 bits per heavy atom. The molecule has 0 radical (unpaired) electrons. The van der Waals surface area contributed by atoms with E-state index in [2.05, 4.69) is 5.32 Å². The zero-order valence-electron chi connectivity index (χ0n) is 15.1. The molecule has 4 heteroatoms. The maximum atomic E-state index is 12.5. The van der Waals surface area contributed by atoms with Gasteiger partial charge in [0.2, 0.25) is 0 Å². The molecular formula is C22H23NO3. The molecular weight excluding hydrogens is 326 g/mol. The number of hydrogen-bond donors (Lipinski definition) is 1. The van der Waals surface area contributed by atoms with E-state index in [0.29, 0.717) is 11.5 Å². The zero-order valence-corrected chi connectivity index (χ0v) is 15.1. The van der Waals surface area contributed by atoms with Crippen LogP contribution in [0.2, 0.25) is 0 Å². The van der Waals surface area contributed by atoms with Crippen LogP contribution >= 0.6 is 0 Å². The number of benzene rings is 2. The third kappa shape index (κ3) is 4.54. The van der Waals surface area contributed by atoms with Crippen molar-refractivity contribution in [3.8, 4) is 5.75 Å². The predicted octanol–water partition coefficient (Wildman–Crippen LogP) is 5.05. The van der Waals surface area contributed by atoms with Gasteiger partial charge < -0.3 is 14.5 Å². The quantitative estimate of drug-likeness (QED) is 0.649. The van der Waals surface area contributed by atoms with Crippen LogP contribution in [0.25, 0.3) is 0 Å². The third-order valence-corrected chi connectivity index (χ3v) is 4.17. The van der Waals surface area contributed by atoms with E-state index in [1.54, 1.807) is 12.1 Å². The normalized spacial score (nSPS) is 11.8. The summed E-state index contributed by atoms with van der Waals surface area (Å²) in [5.41, 5.74) is 2.21. The van der Waals surface area contributed by atoms with E-state index in [1.165, 1.54) is 0 Å². The zero-order chi connectivity index (χ0) is 18.4. The molecule has 0 saturated carbocycles. The Bertz CT molecular complexity index is 855. The molecule has 0 fully saturated rings. The Balaban J connectivity index is 1.60. The van der Waals surface area contributed by atoms with Crippen LogP contribution in [0.1, 0.15) is 46.8 Å². The highest BCUT2D eigenvalue weighted by molar-refractivity contribution is 5.91. The van der Waals surface area contributed by atoms with Crippen molar-refractivity contribution in [2.24, 2.45) is 0 Å². The van der Waals surface area contributed by atoms with Gasteiger partial charge in [0.15, 0.2) is 5.76 Å². The lowest BCUT2D eigenvalue weighted by atomic mass is 10.0. The van der Waals surface area contributed by atoms with E-state index in [4.69, 9.17) is 9.15 Å². The van der Waals surface area contributed by atoms with Gasteiger partial charge in [0.1, 0.15) is 18.1 Å². The first-order chi connectivity index (χ1) is 12.7. The van der Waals surface area contributed by atoms with Gasteiger partial charge in [-0.1, -0.05) is 49.4 Å². The molecule has 3 rings (SSSR count). The molecule has 0 spiro atoms. The van der Waals surface area contributed by atoms with Gasteiger partial charge in [-0.25, -0.2) is 0 Å². The standard InChI is InChI=1S/C22H23NO3/c1-3-20(17-9-5-4-6-10-17)23-22(24)21-13-12-19(26-21)15-25-18-11-7-8-16(2)14-18/h4-14,20H,3,15H2,1-2H3,(H,23,24). The molecule has 0 saturated heterocycles. The Labute approximate surface area is 153 Å². The van der Waals surface area contributed by atoms with Gasteiger partial charge in [-0.3, -0.25) is 4.79 Å². The average molecular weight is 349 g/mol. The topological polar surface area (TPSA) is 51.5 Å². The molecule has 134 valence electrons. The Kier molecular flexibility index (Phi) is 5.74. The van der Waals surface area contributed by atoms with E-state index >= 15 is 0 Å². The number of hydrogen-bond acceptors (Lipinski definition) is 3. The first-order valence-electron chi connectivity index (χ1n) is 8.79. The molecule has 0 aliphatic heterocycles. The number of ether oxygens (including phenoxy) is 1. The summed E-state index contributed by atoms with van der Waals surface area (Å²) < 4.78 is 11.4. The van der Waals surface area contributed by atoms with Crippen LogP contribution in [0.3, 0.4) is 0 Å². The second kappa shape index (κ2) is 8.39. The van der Waals surface area contributed by atoms with Crippen LogP contribution < -0.4 is 10.1 Å². The van der Waals surface area contributed by atoms with Crippen molar-refractivity contribution in [1.29, 1.82) is 0 Å². The van der Waals surface area contributed by atoms with Crippen LogP contribution in [0.15, 0.2) is 71.1 Å². The molecule has 26 heavy (non-hydrogen) atoms. The van der Waals surface area contributed by atoms with Gasteiger partial charge in [-0.15, -0.1) is 0 Å². The summed E-state index contributed by atoms with van der Waals surface area (Å²) in [5.74, 6) is 1.47. The highest BCUT2D eigenvalue weighted by atomic mass is 16.5. The Morgan fingerprint density at radius 3 is 2.62 bits per heavy atom. The first-order valence-corrected chi connectivity index (χ1v) is 8.79. The second-order valence-electron chi connectivity index (χ2n) is 6.22. The fraction of sp³-hybridized carbons (Fsp3) is 0.227. The molecule has 1 aromatic heterocycles.